The number of amides is 1. The molecule has 3 atom stereocenters. The van der Waals surface area contributed by atoms with Crippen molar-refractivity contribution in [3.63, 3.8) is 0 Å². The SMILES string of the molecule is COC(=O)C1CC2CCCCC2N1C(=O)CCc1ncc(-c2ccccc2)o1. The van der Waals surface area contributed by atoms with E-state index in [0.29, 0.717) is 24.0 Å². The molecule has 0 N–H and O–H groups in total. The molecule has 2 heterocycles. The Labute approximate surface area is 164 Å². The van der Waals surface area contributed by atoms with Gasteiger partial charge in [-0.05, 0) is 25.2 Å². The summed E-state index contributed by atoms with van der Waals surface area (Å²) in [6.45, 7) is 0. The average Bonchev–Trinajstić information content (AvgIpc) is 3.37. The van der Waals surface area contributed by atoms with Crippen LogP contribution in [0.15, 0.2) is 40.9 Å². The van der Waals surface area contributed by atoms with Crippen LogP contribution in [0.2, 0.25) is 0 Å². The first-order chi connectivity index (χ1) is 13.7. The van der Waals surface area contributed by atoms with Crippen LogP contribution in [-0.2, 0) is 20.7 Å². The summed E-state index contributed by atoms with van der Waals surface area (Å²) in [5.41, 5.74) is 0.961. The van der Waals surface area contributed by atoms with Crippen molar-refractivity contribution in [2.75, 3.05) is 7.11 Å². The van der Waals surface area contributed by atoms with Crippen LogP contribution >= 0.6 is 0 Å². The number of hydrogen-bond donors (Lipinski definition) is 0. The fraction of sp³-hybridized carbons (Fsp3) is 0.500. The van der Waals surface area contributed by atoms with Crippen LogP contribution in [0.3, 0.4) is 0 Å². The summed E-state index contributed by atoms with van der Waals surface area (Å²) in [5, 5.41) is 0. The third-order valence-corrected chi connectivity index (χ3v) is 6.01. The zero-order chi connectivity index (χ0) is 19.5. The van der Waals surface area contributed by atoms with Crippen molar-refractivity contribution in [2.24, 2.45) is 5.92 Å². The van der Waals surface area contributed by atoms with Gasteiger partial charge in [-0.1, -0.05) is 43.2 Å². The molecule has 4 rings (SSSR count). The fourth-order valence-corrected chi connectivity index (χ4v) is 4.67. The van der Waals surface area contributed by atoms with E-state index in [4.69, 9.17) is 9.15 Å². The molecule has 1 aromatic carbocycles. The highest BCUT2D eigenvalue weighted by Crippen LogP contribution is 2.40. The van der Waals surface area contributed by atoms with Crippen LogP contribution in [0.4, 0.5) is 0 Å². The second-order valence-electron chi connectivity index (χ2n) is 7.67. The Bertz CT molecular complexity index is 832. The largest absolute Gasteiger partial charge is 0.467 e. The van der Waals surface area contributed by atoms with E-state index in [1.807, 2.05) is 30.3 Å². The van der Waals surface area contributed by atoms with E-state index in [1.165, 1.54) is 13.5 Å². The van der Waals surface area contributed by atoms with Crippen molar-refractivity contribution < 1.29 is 18.7 Å². The molecule has 6 nitrogen and oxygen atoms in total. The molecule has 1 aromatic heterocycles. The summed E-state index contributed by atoms with van der Waals surface area (Å²) >= 11 is 0. The highest BCUT2D eigenvalue weighted by Gasteiger charge is 2.47. The summed E-state index contributed by atoms with van der Waals surface area (Å²) in [7, 11) is 1.39. The molecule has 3 unspecified atom stereocenters. The number of aromatic nitrogens is 1. The molecule has 148 valence electrons. The van der Waals surface area contributed by atoms with E-state index >= 15 is 0 Å². The number of benzene rings is 1. The van der Waals surface area contributed by atoms with Gasteiger partial charge in [0.05, 0.1) is 13.3 Å². The summed E-state index contributed by atoms with van der Waals surface area (Å²) in [4.78, 5) is 31.4. The van der Waals surface area contributed by atoms with E-state index in [9.17, 15) is 9.59 Å². The lowest BCUT2D eigenvalue weighted by Crippen LogP contribution is -2.46. The minimum atomic E-state index is -0.449. The third kappa shape index (κ3) is 3.68. The normalized spacial score (nSPS) is 24.0. The van der Waals surface area contributed by atoms with Crippen molar-refractivity contribution in [2.45, 2.75) is 57.0 Å². The van der Waals surface area contributed by atoms with E-state index in [0.717, 1.165) is 31.2 Å². The van der Waals surface area contributed by atoms with Gasteiger partial charge >= 0.3 is 5.97 Å². The molecule has 1 saturated heterocycles. The molecule has 2 fully saturated rings. The molecule has 0 radical (unpaired) electrons. The van der Waals surface area contributed by atoms with Gasteiger partial charge in [0.2, 0.25) is 5.91 Å². The Kier molecular flexibility index (Phi) is 5.46. The Hall–Kier alpha value is -2.63. The second-order valence-corrected chi connectivity index (χ2v) is 7.67. The average molecular weight is 382 g/mol. The smallest absolute Gasteiger partial charge is 0.328 e. The van der Waals surface area contributed by atoms with Gasteiger partial charge < -0.3 is 14.1 Å². The van der Waals surface area contributed by atoms with Crippen molar-refractivity contribution in [3.05, 3.63) is 42.4 Å². The van der Waals surface area contributed by atoms with Crippen LogP contribution < -0.4 is 0 Å². The molecule has 1 saturated carbocycles. The number of likely N-dealkylation sites (tertiary alicyclic amines) is 1. The van der Waals surface area contributed by atoms with Crippen LogP contribution in [0, 0.1) is 5.92 Å². The van der Waals surface area contributed by atoms with E-state index in [1.54, 1.807) is 11.1 Å². The Morgan fingerprint density at radius 3 is 2.79 bits per heavy atom. The zero-order valence-electron chi connectivity index (χ0n) is 16.2. The van der Waals surface area contributed by atoms with Gasteiger partial charge in [-0.3, -0.25) is 4.79 Å². The lowest BCUT2D eigenvalue weighted by Gasteiger charge is -2.33. The number of ether oxygens (including phenoxy) is 1. The number of fused-ring (bicyclic) bond motifs is 1. The topological polar surface area (TPSA) is 72.6 Å². The standard InChI is InChI=1S/C22H26N2O4/c1-27-22(26)18-13-16-9-5-6-10-17(16)24(18)21(25)12-11-20-23-14-19(28-20)15-7-3-2-4-8-15/h2-4,7-8,14,16-18H,5-6,9-13H2,1H3. The number of esters is 1. The molecule has 2 aromatic rings. The molecular weight excluding hydrogens is 356 g/mol. The third-order valence-electron chi connectivity index (χ3n) is 6.01. The van der Waals surface area contributed by atoms with E-state index < -0.39 is 6.04 Å². The van der Waals surface area contributed by atoms with Crippen LogP contribution in [0.25, 0.3) is 11.3 Å². The molecule has 28 heavy (non-hydrogen) atoms. The number of methoxy groups -OCH3 is 1. The van der Waals surface area contributed by atoms with Crippen LogP contribution in [-0.4, -0.2) is 41.0 Å². The quantitative estimate of drug-likeness (QED) is 0.739. The summed E-state index contributed by atoms with van der Waals surface area (Å²) < 4.78 is 10.8. The maximum absolute atomic E-state index is 13.0. The van der Waals surface area contributed by atoms with Crippen LogP contribution in [0.5, 0.6) is 0 Å². The number of carbonyl (C=O) groups is 2. The Morgan fingerprint density at radius 1 is 1.21 bits per heavy atom. The van der Waals surface area contributed by atoms with Crippen LogP contribution in [0.1, 0.15) is 44.4 Å². The zero-order valence-corrected chi connectivity index (χ0v) is 16.2. The maximum Gasteiger partial charge on any atom is 0.328 e. The maximum atomic E-state index is 13.0. The van der Waals surface area contributed by atoms with Crippen molar-refractivity contribution >= 4 is 11.9 Å². The number of hydrogen-bond acceptors (Lipinski definition) is 5. The van der Waals surface area contributed by atoms with E-state index in [2.05, 4.69) is 4.98 Å². The number of oxazole rings is 1. The number of carbonyl (C=O) groups excluding carboxylic acids is 2. The minimum Gasteiger partial charge on any atom is -0.467 e. The number of aryl methyl sites for hydroxylation is 1. The second kappa shape index (κ2) is 8.17. The predicted molar refractivity (Wildman–Crippen MR) is 103 cm³/mol. The summed E-state index contributed by atoms with van der Waals surface area (Å²) in [5.74, 6) is 1.34. The molecule has 0 spiro atoms. The first-order valence-electron chi connectivity index (χ1n) is 10.1. The molecular formula is C22H26N2O4. The van der Waals surface area contributed by atoms with Crippen molar-refractivity contribution in [3.8, 4) is 11.3 Å². The highest BCUT2D eigenvalue weighted by molar-refractivity contribution is 5.85. The molecule has 6 heteroatoms. The monoisotopic (exact) mass is 382 g/mol. The van der Waals surface area contributed by atoms with Gasteiger partial charge in [-0.25, -0.2) is 9.78 Å². The number of nitrogens with zero attached hydrogens (tertiary/aromatic N) is 2. The fourth-order valence-electron chi connectivity index (χ4n) is 4.67. The first kappa shape index (κ1) is 18.7. The Balaban J connectivity index is 1.43. The first-order valence-corrected chi connectivity index (χ1v) is 10.1. The van der Waals surface area contributed by atoms with Gasteiger partial charge in [-0.15, -0.1) is 0 Å². The molecule has 0 bridgehead atoms. The highest BCUT2D eigenvalue weighted by atomic mass is 16.5. The lowest BCUT2D eigenvalue weighted by molar-refractivity contribution is -0.152. The van der Waals surface area contributed by atoms with Gasteiger partial charge in [-0.2, -0.15) is 0 Å². The van der Waals surface area contributed by atoms with Gasteiger partial charge in [0.15, 0.2) is 11.7 Å². The Morgan fingerprint density at radius 2 is 2.00 bits per heavy atom. The van der Waals surface area contributed by atoms with E-state index in [-0.39, 0.29) is 24.3 Å². The molecule has 1 aliphatic heterocycles. The van der Waals surface area contributed by atoms with Gasteiger partial charge in [0.25, 0.3) is 0 Å². The number of rotatable bonds is 5. The van der Waals surface area contributed by atoms with Gasteiger partial charge in [0.1, 0.15) is 6.04 Å². The summed E-state index contributed by atoms with van der Waals surface area (Å²) in [6, 6.07) is 9.48. The molecule has 2 aliphatic rings. The predicted octanol–water partition coefficient (Wildman–Crippen LogP) is 3.61. The van der Waals surface area contributed by atoms with Crippen molar-refractivity contribution in [1.82, 2.24) is 9.88 Å². The molecule has 1 amide bonds. The van der Waals surface area contributed by atoms with Gasteiger partial charge in [0, 0.05) is 24.4 Å². The summed E-state index contributed by atoms with van der Waals surface area (Å²) in [6.07, 6.45) is 7.47. The van der Waals surface area contributed by atoms with Crippen molar-refractivity contribution in [1.29, 1.82) is 0 Å². The minimum absolute atomic E-state index is 0.00994. The lowest BCUT2D eigenvalue weighted by atomic mass is 9.84. The molecule has 1 aliphatic carbocycles.